The Morgan fingerprint density at radius 1 is 1.56 bits per heavy atom. The smallest absolute Gasteiger partial charge is 0.248 e. The molecule has 0 saturated carbocycles. The number of nitrogens with zero attached hydrogens (tertiary/aromatic N) is 1. The Morgan fingerprint density at radius 3 is 2.89 bits per heavy atom. The van der Waals surface area contributed by atoms with Crippen molar-refractivity contribution in [3.8, 4) is 0 Å². The number of rotatable bonds is 6. The highest BCUT2D eigenvalue weighted by Crippen LogP contribution is 2.21. The molecule has 5 heteroatoms. The number of likely N-dealkylation sites (N-methyl/N-ethyl adjacent to an activating group) is 1. The predicted molar refractivity (Wildman–Crippen MR) is 72.5 cm³/mol. The summed E-state index contributed by atoms with van der Waals surface area (Å²) in [5.41, 5.74) is 6.29. The third-order valence-electron chi connectivity index (χ3n) is 2.79. The normalized spacial score (nSPS) is 12.2. The third kappa shape index (κ3) is 4.29. The van der Waals surface area contributed by atoms with Gasteiger partial charge >= 0.3 is 0 Å². The highest BCUT2D eigenvalue weighted by molar-refractivity contribution is 6.30. The van der Waals surface area contributed by atoms with Gasteiger partial charge in [-0.15, -0.1) is 0 Å². The molecule has 0 aromatic heterocycles. The first-order valence-corrected chi connectivity index (χ1v) is 6.23. The van der Waals surface area contributed by atoms with Gasteiger partial charge in [0, 0.05) is 18.6 Å². The summed E-state index contributed by atoms with van der Waals surface area (Å²) < 4.78 is 5.13. The van der Waals surface area contributed by atoms with Crippen molar-refractivity contribution in [1.82, 2.24) is 4.90 Å². The van der Waals surface area contributed by atoms with Gasteiger partial charge in [0.15, 0.2) is 0 Å². The van der Waals surface area contributed by atoms with E-state index >= 15 is 0 Å². The van der Waals surface area contributed by atoms with Gasteiger partial charge in [-0.1, -0.05) is 23.7 Å². The van der Waals surface area contributed by atoms with Gasteiger partial charge in [0.25, 0.3) is 0 Å². The van der Waals surface area contributed by atoms with Crippen molar-refractivity contribution in [2.75, 3.05) is 26.8 Å². The van der Waals surface area contributed by atoms with Crippen LogP contribution in [0.25, 0.3) is 0 Å². The highest BCUT2D eigenvalue weighted by atomic mass is 35.5. The van der Waals surface area contributed by atoms with Crippen LogP contribution in [0.5, 0.6) is 0 Å². The lowest BCUT2D eigenvalue weighted by molar-refractivity contribution is -0.136. The lowest BCUT2D eigenvalue weighted by atomic mass is 10.1. The van der Waals surface area contributed by atoms with E-state index in [0.717, 1.165) is 5.56 Å². The molecular formula is C13H19ClN2O2. The van der Waals surface area contributed by atoms with Gasteiger partial charge in [-0.25, -0.2) is 0 Å². The van der Waals surface area contributed by atoms with Crippen LogP contribution in [0.2, 0.25) is 5.02 Å². The van der Waals surface area contributed by atoms with E-state index in [4.69, 9.17) is 22.1 Å². The molecule has 0 aliphatic carbocycles. The number of carbonyl (C=O) groups is 1. The molecule has 0 aliphatic heterocycles. The highest BCUT2D eigenvalue weighted by Gasteiger charge is 2.17. The van der Waals surface area contributed by atoms with E-state index in [0.29, 0.717) is 18.2 Å². The Labute approximate surface area is 113 Å². The van der Waals surface area contributed by atoms with Crippen LogP contribution in [0.1, 0.15) is 18.5 Å². The van der Waals surface area contributed by atoms with Crippen LogP contribution in [-0.2, 0) is 9.53 Å². The molecular weight excluding hydrogens is 252 g/mol. The summed E-state index contributed by atoms with van der Waals surface area (Å²) in [5, 5.41) is 0.666. The van der Waals surface area contributed by atoms with Crippen molar-refractivity contribution >= 4 is 17.5 Å². The van der Waals surface area contributed by atoms with Crippen LogP contribution in [-0.4, -0.2) is 37.6 Å². The molecule has 0 heterocycles. The minimum atomic E-state index is -0.0732. The molecule has 2 N–H and O–H groups in total. The van der Waals surface area contributed by atoms with Crippen LogP contribution < -0.4 is 5.73 Å². The molecule has 1 aromatic rings. The first kappa shape index (κ1) is 15.0. The molecule has 0 saturated heterocycles. The second-order valence-corrected chi connectivity index (χ2v) is 4.51. The van der Waals surface area contributed by atoms with Crippen molar-refractivity contribution < 1.29 is 9.53 Å². The Balaban J connectivity index is 2.60. The fourth-order valence-corrected chi connectivity index (χ4v) is 1.75. The number of hydrogen-bond donors (Lipinski definition) is 1. The Kier molecular flexibility index (Phi) is 6.12. The summed E-state index contributed by atoms with van der Waals surface area (Å²) in [6.07, 6.45) is 0. The maximum absolute atomic E-state index is 11.8. The first-order chi connectivity index (χ1) is 8.56. The SMILES string of the molecule is CC(c1cccc(Cl)c1)N(C)C(=O)COCCN. The van der Waals surface area contributed by atoms with Crippen LogP contribution in [0, 0.1) is 0 Å². The average Bonchev–Trinajstić information content (AvgIpc) is 2.37. The lowest BCUT2D eigenvalue weighted by Gasteiger charge is -2.25. The lowest BCUT2D eigenvalue weighted by Crippen LogP contribution is -2.33. The van der Waals surface area contributed by atoms with Gasteiger partial charge in [0.2, 0.25) is 5.91 Å². The Hall–Kier alpha value is -1.10. The third-order valence-corrected chi connectivity index (χ3v) is 3.03. The van der Waals surface area contributed by atoms with Crippen LogP contribution in [0.4, 0.5) is 0 Å². The van der Waals surface area contributed by atoms with E-state index in [9.17, 15) is 4.79 Å². The average molecular weight is 271 g/mol. The van der Waals surface area contributed by atoms with Gasteiger partial charge in [-0.05, 0) is 24.6 Å². The quantitative estimate of drug-likeness (QED) is 0.803. The summed E-state index contributed by atoms with van der Waals surface area (Å²) in [7, 11) is 1.75. The molecule has 100 valence electrons. The Bertz CT molecular complexity index is 398. The molecule has 0 spiro atoms. The topological polar surface area (TPSA) is 55.6 Å². The fraction of sp³-hybridized carbons (Fsp3) is 0.462. The maximum atomic E-state index is 11.8. The number of nitrogens with two attached hydrogens (primary N) is 1. The van der Waals surface area contributed by atoms with Crippen molar-refractivity contribution in [2.24, 2.45) is 5.73 Å². The number of hydrogen-bond acceptors (Lipinski definition) is 3. The molecule has 18 heavy (non-hydrogen) atoms. The molecule has 0 aliphatic rings. The molecule has 4 nitrogen and oxygen atoms in total. The van der Waals surface area contributed by atoms with Gasteiger partial charge < -0.3 is 15.4 Å². The molecule has 1 aromatic carbocycles. The summed E-state index contributed by atoms with van der Waals surface area (Å²) in [6.45, 7) is 2.82. The van der Waals surface area contributed by atoms with E-state index in [-0.39, 0.29) is 18.6 Å². The standard InChI is InChI=1S/C13H19ClN2O2/c1-10(11-4-3-5-12(14)8-11)16(2)13(17)9-18-7-6-15/h3-5,8,10H,6-7,9,15H2,1-2H3. The van der Waals surface area contributed by atoms with Gasteiger partial charge in [-0.3, -0.25) is 4.79 Å². The van der Waals surface area contributed by atoms with Gasteiger partial charge in [0.1, 0.15) is 6.61 Å². The number of benzene rings is 1. The summed E-state index contributed by atoms with van der Waals surface area (Å²) >= 11 is 5.93. The van der Waals surface area contributed by atoms with Crippen molar-refractivity contribution in [3.63, 3.8) is 0 Å². The molecule has 1 rings (SSSR count). The molecule has 0 bridgehead atoms. The minimum absolute atomic E-state index is 0.0438. The van der Waals surface area contributed by atoms with Crippen molar-refractivity contribution in [3.05, 3.63) is 34.9 Å². The first-order valence-electron chi connectivity index (χ1n) is 5.85. The van der Waals surface area contributed by atoms with E-state index in [1.54, 1.807) is 11.9 Å². The van der Waals surface area contributed by atoms with Crippen LogP contribution >= 0.6 is 11.6 Å². The van der Waals surface area contributed by atoms with E-state index in [2.05, 4.69) is 0 Å². The molecule has 1 unspecified atom stereocenters. The summed E-state index contributed by atoms with van der Waals surface area (Å²) in [4.78, 5) is 13.5. The number of halogens is 1. The second kappa shape index (κ2) is 7.36. The monoisotopic (exact) mass is 270 g/mol. The minimum Gasteiger partial charge on any atom is -0.370 e. The second-order valence-electron chi connectivity index (χ2n) is 4.08. The van der Waals surface area contributed by atoms with Gasteiger partial charge in [-0.2, -0.15) is 0 Å². The fourth-order valence-electron chi connectivity index (χ4n) is 1.55. The van der Waals surface area contributed by atoms with Crippen molar-refractivity contribution in [2.45, 2.75) is 13.0 Å². The summed E-state index contributed by atoms with van der Waals surface area (Å²) in [5.74, 6) is -0.0732. The molecule has 1 amide bonds. The zero-order chi connectivity index (χ0) is 13.5. The number of carbonyl (C=O) groups excluding carboxylic acids is 1. The van der Waals surface area contributed by atoms with Crippen LogP contribution in [0.3, 0.4) is 0 Å². The molecule has 0 fully saturated rings. The molecule has 1 atom stereocenters. The van der Waals surface area contributed by atoms with Gasteiger partial charge in [0.05, 0.1) is 12.6 Å². The van der Waals surface area contributed by atoms with Crippen LogP contribution in [0.15, 0.2) is 24.3 Å². The zero-order valence-electron chi connectivity index (χ0n) is 10.7. The molecule has 0 radical (unpaired) electrons. The van der Waals surface area contributed by atoms with Crippen molar-refractivity contribution in [1.29, 1.82) is 0 Å². The van der Waals surface area contributed by atoms with E-state index in [1.807, 2.05) is 31.2 Å². The predicted octanol–water partition coefficient (Wildman–Crippen LogP) is 1.83. The number of amides is 1. The Morgan fingerprint density at radius 2 is 2.28 bits per heavy atom. The maximum Gasteiger partial charge on any atom is 0.248 e. The summed E-state index contributed by atoms with van der Waals surface area (Å²) in [6, 6.07) is 7.44. The number of ether oxygens (including phenoxy) is 1. The van der Waals surface area contributed by atoms with E-state index in [1.165, 1.54) is 0 Å². The largest absolute Gasteiger partial charge is 0.370 e. The van der Waals surface area contributed by atoms with E-state index < -0.39 is 0 Å². The zero-order valence-corrected chi connectivity index (χ0v) is 11.5.